The Morgan fingerprint density at radius 3 is 2.82 bits per heavy atom. The van der Waals surface area contributed by atoms with Crippen LogP contribution in [0.2, 0.25) is 0 Å². The number of carbonyl (C=O) groups is 2. The van der Waals surface area contributed by atoms with Crippen molar-refractivity contribution in [1.29, 1.82) is 0 Å². The molecule has 0 aliphatic carbocycles. The predicted octanol–water partition coefficient (Wildman–Crippen LogP) is 0.836. The Kier molecular flexibility index (Phi) is 4.66. The van der Waals surface area contributed by atoms with E-state index >= 15 is 0 Å². The van der Waals surface area contributed by atoms with Crippen LogP contribution in [-0.2, 0) is 9.59 Å². The minimum atomic E-state index is -1.06. The number of benzene rings is 1. The van der Waals surface area contributed by atoms with Crippen molar-refractivity contribution in [3.05, 3.63) is 23.8 Å². The summed E-state index contributed by atoms with van der Waals surface area (Å²) in [5.41, 5.74) is 0.348. The fourth-order valence-electron chi connectivity index (χ4n) is 1.73. The van der Waals surface area contributed by atoms with Crippen molar-refractivity contribution in [2.45, 2.75) is 11.7 Å². The molecule has 1 unspecified atom stereocenters. The van der Waals surface area contributed by atoms with Gasteiger partial charge in [-0.25, -0.2) is 0 Å². The van der Waals surface area contributed by atoms with Crippen LogP contribution in [0.4, 0.5) is 0 Å². The summed E-state index contributed by atoms with van der Waals surface area (Å²) in [4.78, 5) is 23.7. The zero-order valence-corrected chi connectivity index (χ0v) is 12.3. The Balaban J connectivity index is 2.11. The number of carboxylic acids is 1. The number of phenols is 2. The Labute approximate surface area is 129 Å². The summed E-state index contributed by atoms with van der Waals surface area (Å²) < 4.78 is 0. The van der Waals surface area contributed by atoms with E-state index in [-0.39, 0.29) is 29.0 Å². The van der Waals surface area contributed by atoms with Crippen molar-refractivity contribution in [3.63, 3.8) is 0 Å². The highest BCUT2D eigenvalue weighted by molar-refractivity contribution is 8.15. The molecule has 1 aliphatic heterocycles. The molecule has 0 bridgehead atoms. The van der Waals surface area contributed by atoms with Gasteiger partial charge in [0.05, 0.1) is 12.6 Å². The molecular weight excluding hydrogens is 310 g/mol. The van der Waals surface area contributed by atoms with Gasteiger partial charge in [-0.2, -0.15) is 5.10 Å². The first-order chi connectivity index (χ1) is 10.4. The number of rotatable bonds is 4. The Bertz CT molecular complexity index is 674. The van der Waals surface area contributed by atoms with E-state index in [1.807, 2.05) is 0 Å². The smallest absolute Gasteiger partial charge is 0.305 e. The summed E-state index contributed by atoms with van der Waals surface area (Å²) >= 11 is 1.03. The zero-order chi connectivity index (χ0) is 16.3. The van der Waals surface area contributed by atoms with Gasteiger partial charge in [-0.15, -0.1) is 5.10 Å². The van der Waals surface area contributed by atoms with Crippen molar-refractivity contribution in [2.24, 2.45) is 10.2 Å². The molecular formula is C13H13N3O5S. The number of amidine groups is 1. The summed E-state index contributed by atoms with van der Waals surface area (Å²) in [6.45, 7) is 0. The van der Waals surface area contributed by atoms with Crippen molar-refractivity contribution in [3.8, 4) is 11.5 Å². The molecule has 0 saturated carbocycles. The van der Waals surface area contributed by atoms with Crippen LogP contribution >= 0.6 is 11.8 Å². The highest BCUT2D eigenvalue weighted by atomic mass is 32.2. The molecule has 0 spiro atoms. The number of carbonyl (C=O) groups excluding carboxylic acids is 1. The Morgan fingerprint density at radius 1 is 1.45 bits per heavy atom. The second-order valence-electron chi connectivity index (χ2n) is 4.47. The lowest BCUT2D eigenvalue weighted by molar-refractivity contribution is -0.139. The van der Waals surface area contributed by atoms with Crippen LogP contribution in [0.5, 0.6) is 11.5 Å². The van der Waals surface area contributed by atoms with E-state index in [1.54, 1.807) is 0 Å². The van der Waals surface area contributed by atoms with Crippen LogP contribution in [-0.4, -0.2) is 55.8 Å². The topological polar surface area (TPSA) is 123 Å². The van der Waals surface area contributed by atoms with E-state index in [4.69, 9.17) is 5.11 Å². The van der Waals surface area contributed by atoms with Gasteiger partial charge in [0.15, 0.2) is 5.17 Å². The minimum absolute atomic E-state index is 0.0749. The van der Waals surface area contributed by atoms with Gasteiger partial charge in [0.1, 0.15) is 16.7 Å². The molecule has 116 valence electrons. The maximum absolute atomic E-state index is 11.8. The van der Waals surface area contributed by atoms with Gasteiger partial charge in [-0.05, 0) is 12.1 Å². The Morgan fingerprint density at radius 2 is 2.18 bits per heavy atom. The second kappa shape index (κ2) is 6.48. The summed E-state index contributed by atoms with van der Waals surface area (Å²) in [5, 5.41) is 34.7. The predicted molar refractivity (Wildman–Crippen MR) is 81.2 cm³/mol. The third-order valence-electron chi connectivity index (χ3n) is 2.85. The maximum Gasteiger partial charge on any atom is 0.305 e. The molecule has 8 nitrogen and oxygen atoms in total. The molecule has 1 aromatic carbocycles. The van der Waals surface area contributed by atoms with E-state index in [9.17, 15) is 19.8 Å². The van der Waals surface area contributed by atoms with Crippen LogP contribution in [0, 0.1) is 0 Å². The number of aromatic hydroxyl groups is 2. The average molecular weight is 323 g/mol. The Hall–Kier alpha value is -2.55. The standard InChI is InChI=1S/C13H13N3O5S/c1-16-12(21)10(5-11(19)20)22-13(16)15-14-6-7-2-3-8(17)4-9(7)18/h2-4,6,10,17-18H,5H2,1H3,(H,19,20)/b14-6+,15-13-. The van der Waals surface area contributed by atoms with E-state index in [0.717, 1.165) is 17.8 Å². The second-order valence-corrected chi connectivity index (χ2v) is 5.64. The molecule has 2 rings (SSSR count). The van der Waals surface area contributed by atoms with Crippen LogP contribution < -0.4 is 0 Å². The van der Waals surface area contributed by atoms with Crippen LogP contribution in [0.25, 0.3) is 0 Å². The quantitative estimate of drug-likeness (QED) is 0.557. The van der Waals surface area contributed by atoms with E-state index < -0.39 is 11.2 Å². The molecule has 1 aromatic rings. The highest BCUT2D eigenvalue weighted by Crippen LogP contribution is 2.28. The number of nitrogens with zero attached hydrogens (tertiary/aromatic N) is 3. The molecule has 1 aliphatic rings. The normalized spacial score (nSPS) is 20.2. The van der Waals surface area contributed by atoms with Gasteiger partial charge in [0.2, 0.25) is 5.91 Å². The van der Waals surface area contributed by atoms with Gasteiger partial charge in [0, 0.05) is 18.7 Å². The van der Waals surface area contributed by atoms with E-state index in [1.165, 1.54) is 30.3 Å². The number of amides is 1. The SMILES string of the molecule is CN1C(=O)C(CC(=O)O)S/C1=N\N=C\c1ccc(O)cc1O. The molecule has 0 radical (unpaired) electrons. The third-order valence-corrected chi connectivity index (χ3v) is 4.07. The van der Waals surface area contributed by atoms with Gasteiger partial charge >= 0.3 is 5.97 Å². The molecule has 22 heavy (non-hydrogen) atoms. The summed E-state index contributed by atoms with van der Waals surface area (Å²) in [5.74, 6) is -1.63. The number of hydrogen-bond acceptors (Lipinski definition) is 7. The largest absolute Gasteiger partial charge is 0.508 e. The molecule has 1 saturated heterocycles. The van der Waals surface area contributed by atoms with Gasteiger partial charge in [-0.1, -0.05) is 11.8 Å². The summed E-state index contributed by atoms with van der Waals surface area (Å²) in [6.07, 6.45) is 0.987. The van der Waals surface area contributed by atoms with Crippen molar-refractivity contribution >= 4 is 35.0 Å². The number of hydrogen-bond donors (Lipinski definition) is 3. The molecule has 1 fully saturated rings. The molecule has 1 amide bonds. The molecule has 3 N–H and O–H groups in total. The van der Waals surface area contributed by atoms with E-state index in [0.29, 0.717) is 5.56 Å². The van der Waals surface area contributed by atoms with Crippen molar-refractivity contribution < 1.29 is 24.9 Å². The van der Waals surface area contributed by atoms with E-state index in [2.05, 4.69) is 10.2 Å². The lowest BCUT2D eigenvalue weighted by Gasteiger charge is -2.06. The molecule has 1 atom stereocenters. The first-order valence-corrected chi connectivity index (χ1v) is 7.05. The zero-order valence-electron chi connectivity index (χ0n) is 11.5. The first kappa shape index (κ1) is 15.8. The number of aliphatic carboxylic acids is 1. The fourth-order valence-corrected chi connectivity index (χ4v) is 2.81. The maximum atomic E-state index is 11.8. The lowest BCUT2D eigenvalue weighted by atomic mass is 10.2. The van der Waals surface area contributed by atoms with Crippen molar-refractivity contribution in [1.82, 2.24) is 4.90 Å². The third kappa shape index (κ3) is 3.55. The highest BCUT2D eigenvalue weighted by Gasteiger charge is 2.37. The number of carboxylic acid groups (broad SMARTS) is 1. The lowest BCUT2D eigenvalue weighted by Crippen LogP contribution is -2.28. The van der Waals surface area contributed by atoms with Crippen LogP contribution in [0.1, 0.15) is 12.0 Å². The minimum Gasteiger partial charge on any atom is -0.508 e. The molecule has 0 aromatic heterocycles. The van der Waals surface area contributed by atoms with Crippen LogP contribution in [0.3, 0.4) is 0 Å². The number of phenolic OH excluding ortho intramolecular Hbond substituents is 2. The first-order valence-electron chi connectivity index (χ1n) is 6.17. The molecule has 9 heteroatoms. The monoisotopic (exact) mass is 323 g/mol. The fraction of sp³-hybridized carbons (Fsp3) is 0.231. The summed E-state index contributed by atoms with van der Waals surface area (Å²) in [7, 11) is 1.49. The van der Waals surface area contributed by atoms with Crippen LogP contribution in [0.15, 0.2) is 28.4 Å². The van der Waals surface area contributed by atoms with Crippen molar-refractivity contribution in [2.75, 3.05) is 7.05 Å². The van der Waals surface area contributed by atoms with Gasteiger partial charge in [0.25, 0.3) is 0 Å². The summed E-state index contributed by atoms with van der Waals surface area (Å²) in [6, 6.07) is 4.01. The average Bonchev–Trinajstić information content (AvgIpc) is 2.69. The van der Waals surface area contributed by atoms with Gasteiger partial charge in [-0.3, -0.25) is 14.5 Å². The van der Waals surface area contributed by atoms with Gasteiger partial charge < -0.3 is 15.3 Å². The molecule has 1 heterocycles. The number of thioether (sulfide) groups is 1.